The standard InChI is InChI=1S/C45H27N3O2/c1-3-9-28(10-4-1)30-15-17-31(18-16-30)43-46-44(33-19-22-36-35-13-7-8-14-39(35)49-41(36)26-33)48-45(47-43)34-20-23-37-38-25-32(29-11-5-2-6-12-29)21-24-40(38)50-42(37)27-34/h1-27H/i20D,21D,23D,24D,25D,27D. The molecule has 0 aliphatic heterocycles. The highest BCUT2D eigenvalue weighted by molar-refractivity contribution is 6.07. The van der Waals surface area contributed by atoms with Gasteiger partial charge in [-0.3, -0.25) is 0 Å². The lowest BCUT2D eigenvalue weighted by Crippen LogP contribution is -2.00. The maximum absolute atomic E-state index is 9.42. The smallest absolute Gasteiger partial charge is 0.164 e. The number of rotatable bonds is 5. The highest BCUT2D eigenvalue weighted by atomic mass is 16.3. The fourth-order valence-electron chi connectivity index (χ4n) is 6.31. The van der Waals surface area contributed by atoms with Crippen LogP contribution < -0.4 is 0 Å². The molecule has 7 aromatic carbocycles. The van der Waals surface area contributed by atoms with Gasteiger partial charge >= 0.3 is 0 Å². The van der Waals surface area contributed by atoms with Gasteiger partial charge in [0, 0.05) is 38.2 Å². The van der Waals surface area contributed by atoms with Crippen molar-refractivity contribution in [3.05, 3.63) is 164 Å². The second kappa shape index (κ2) is 11.4. The molecule has 0 N–H and O–H groups in total. The van der Waals surface area contributed by atoms with Gasteiger partial charge in [-0.15, -0.1) is 0 Å². The monoisotopic (exact) mass is 647 g/mol. The molecule has 5 heteroatoms. The summed E-state index contributed by atoms with van der Waals surface area (Å²) < 4.78 is 67.1. The van der Waals surface area contributed by atoms with E-state index in [-0.39, 0.29) is 86.8 Å². The van der Waals surface area contributed by atoms with Gasteiger partial charge < -0.3 is 8.83 Å². The second-order valence-electron chi connectivity index (χ2n) is 11.9. The van der Waals surface area contributed by atoms with Gasteiger partial charge in [0.15, 0.2) is 17.5 Å². The van der Waals surface area contributed by atoms with Crippen LogP contribution in [0.5, 0.6) is 0 Å². The number of furan rings is 2. The Bertz CT molecular complexity index is 3200. The molecule has 0 radical (unpaired) electrons. The van der Waals surface area contributed by atoms with Gasteiger partial charge in [-0.1, -0.05) is 121 Å². The van der Waals surface area contributed by atoms with Gasteiger partial charge in [-0.05, 0) is 64.6 Å². The zero-order chi connectivity index (χ0) is 38.2. The molecule has 10 rings (SSSR count). The van der Waals surface area contributed by atoms with E-state index in [0.29, 0.717) is 22.3 Å². The van der Waals surface area contributed by atoms with E-state index in [0.717, 1.165) is 27.5 Å². The second-order valence-corrected chi connectivity index (χ2v) is 11.9. The minimum atomic E-state index is -0.345. The van der Waals surface area contributed by atoms with E-state index in [1.807, 2.05) is 103 Å². The lowest BCUT2D eigenvalue weighted by molar-refractivity contribution is 0.668. The minimum absolute atomic E-state index is 0.0176. The van der Waals surface area contributed by atoms with E-state index >= 15 is 0 Å². The molecule has 0 bridgehead atoms. The van der Waals surface area contributed by atoms with Crippen LogP contribution in [0, 0.1) is 0 Å². The molecule has 5 nitrogen and oxygen atoms in total. The summed E-state index contributed by atoms with van der Waals surface area (Å²) >= 11 is 0. The third-order valence-corrected chi connectivity index (χ3v) is 8.82. The summed E-state index contributed by atoms with van der Waals surface area (Å²) in [5, 5.41) is 2.06. The lowest BCUT2D eigenvalue weighted by Gasteiger charge is -2.09. The van der Waals surface area contributed by atoms with Gasteiger partial charge in [-0.25, -0.2) is 15.0 Å². The first-order valence-electron chi connectivity index (χ1n) is 19.1. The van der Waals surface area contributed by atoms with Gasteiger partial charge in [0.2, 0.25) is 0 Å². The van der Waals surface area contributed by atoms with Crippen molar-refractivity contribution in [2.24, 2.45) is 0 Å². The van der Waals surface area contributed by atoms with Crippen molar-refractivity contribution in [2.75, 3.05) is 0 Å². The molecule has 0 saturated carbocycles. The van der Waals surface area contributed by atoms with E-state index in [1.165, 1.54) is 0 Å². The van der Waals surface area contributed by atoms with Crippen molar-refractivity contribution >= 4 is 43.9 Å². The molecule has 0 unspecified atom stereocenters. The number of hydrogen-bond acceptors (Lipinski definition) is 5. The van der Waals surface area contributed by atoms with Crippen molar-refractivity contribution in [1.29, 1.82) is 0 Å². The number of fused-ring (bicyclic) bond motifs is 6. The summed E-state index contributed by atoms with van der Waals surface area (Å²) in [5.41, 5.74) is 5.24. The number of benzene rings is 7. The molecule has 50 heavy (non-hydrogen) atoms. The third kappa shape index (κ3) is 4.83. The highest BCUT2D eigenvalue weighted by Gasteiger charge is 2.17. The molecule has 0 aliphatic carbocycles. The lowest BCUT2D eigenvalue weighted by atomic mass is 10.0. The van der Waals surface area contributed by atoms with Crippen molar-refractivity contribution in [2.45, 2.75) is 0 Å². The predicted octanol–water partition coefficient (Wildman–Crippen LogP) is 12.0. The summed E-state index contributed by atoms with van der Waals surface area (Å²) in [6, 6.07) is 38.6. The minimum Gasteiger partial charge on any atom is -0.456 e. The van der Waals surface area contributed by atoms with Crippen LogP contribution in [0.4, 0.5) is 0 Å². The van der Waals surface area contributed by atoms with E-state index in [1.54, 1.807) is 24.3 Å². The summed E-state index contributed by atoms with van der Waals surface area (Å²) in [6.45, 7) is 0. The Labute approximate surface area is 295 Å². The van der Waals surface area contributed by atoms with Crippen LogP contribution in [0.1, 0.15) is 8.22 Å². The van der Waals surface area contributed by atoms with E-state index in [4.69, 9.17) is 27.9 Å². The Morgan fingerprint density at radius 2 is 0.900 bits per heavy atom. The maximum Gasteiger partial charge on any atom is 0.164 e. The average molecular weight is 648 g/mol. The molecule has 234 valence electrons. The third-order valence-electron chi connectivity index (χ3n) is 8.82. The molecule has 3 heterocycles. The quantitative estimate of drug-likeness (QED) is 0.186. The number of aromatic nitrogens is 3. The van der Waals surface area contributed by atoms with Crippen LogP contribution in [0.25, 0.3) is 100 Å². The van der Waals surface area contributed by atoms with E-state index in [2.05, 4.69) is 0 Å². The molecule has 0 spiro atoms. The zero-order valence-corrected chi connectivity index (χ0v) is 26.3. The van der Waals surface area contributed by atoms with Crippen molar-refractivity contribution in [3.8, 4) is 56.4 Å². The normalized spacial score (nSPS) is 13.3. The van der Waals surface area contributed by atoms with Crippen LogP contribution >= 0.6 is 0 Å². The fourth-order valence-corrected chi connectivity index (χ4v) is 6.31. The van der Waals surface area contributed by atoms with Gasteiger partial charge in [0.05, 0.1) is 8.22 Å². The van der Waals surface area contributed by atoms with Crippen LogP contribution in [-0.2, 0) is 0 Å². The average Bonchev–Trinajstić information content (AvgIpc) is 3.83. The summed E-state index contributed by atoms with van der Waals surface area (Å²) in [6.07, 6.45) is 0. The van der Waals surface area contributed by atoms with Crippen LogP contribution in [0.3, 0.4) is 0 Å². The molecule has 3 aromatic heterocycles. The van der Waals surface area contributed by atoms with Crippen LogP contribution in [-0.4, -0.2) is 15.0 Å². The SMILES string of the molecule is [2H]c1c(-c2ccccc2)c([2H])c2c(oc3c([2H])c(-c4nc(-c5ccc(-c6ccccc6)cc5)nc(-c5ccc6c(c5)oc5ccccc56)n4)c([2H])c([2H])c32)c1[2H]. The Hall–Kier alpha value is -6.85. The van der Waals surface area contributed by atoms with E-state index < -0.39 is 0 Å². The Kier molecular flexibility index (Phi) is 5.17. The van der Waals surface area contributed by atoms with Gasteiger partial charge in [0.1, 0.15) is 22.3 Å². The van der Waals surface area contributed by atoms with E-state index in [9.17, 15) is 4.11 Å². The molecule has 0 atom stereocenters. The fraction of sp³-hybridized carbons (Fsp3) is 0. The summed E-state index contributed by atoms with van der Waals surface area (Å²) in [4.78, 5) is 14.5. The van der Waals surface area contributed by atoms with Crippen molar-refractivity contribution in [1.82, 2.24) is 15.0 Å². The zero-order valence-electron chi connectivity index (χ0n) is 32.3. The van der Waals surface area contributed by atoms with Gasteiger partial charge in [0.25, 0.3) is 0 Å². The summed E-state index contributed by atoms with van der Waals surface area (Å²) in [7, 11) is 0. The Morgan fingerprint density at radius 3 is 1.68 bits per heavy atom. The molecule has 0 amide bonds. The van der Waals surface area contributed by atoms with Crippen LogP contribution in [0.15, 0.2) is 172 Å². The molecule has 0 saturated heterocycles. The van der Waals surface area contributed by atoms with Crippen LogP contribution in [0.2, 0.25) is 0 Å². The largest absolute Gasteiger partial charge is 0.456 e. The van der Waals surface area contributed by atoms with Crippen molar-refractivity contribution < 1.29 is 17.1 Å². The maximum atomic E-state index is 9.42. The molecule has 10 aromatic rings. The molecule has 0 fully saturated rings. The summed E-state index contributed by atoms with van der Waals surface area (Å²) in [5.74, 6) is 0.538. The first-order chi connectivity index (χ1) is 27.3. The van der Waals surface area contributed by atoms with Gasteiger partial charge in [-0.2, -0.15) is 0 Å². The predicted molar refractivity (Wildman–Crippen MR) is 202 cm³/mol. The number of hydrogen-bond donors (Lipinski definition) is 0. The molecular weight excluding hydrogens is 615 g/mol. The van der Waals surface area contributed by atoms with Crippen molar-refractivity contribution in [3.63, 3.8) is 0 Å². The molecular formula is C45H27N3O2. The topological polar surface area (TPSA) is 65.0 Å². The first-order valence-corrected chi connectivity index (χ1v) is 16.1. The number of nitrogens with zero attached hydrogens (tertiary/aromatic N) is 3. The highest BCUT2D eigenvalue weighted by Crippen LogP contribution is 2.36. The Morgan fingerprint density at radius 1 is 0.340 bits per heavy atom. The molecule has 0 aliphatic rings. The number of para-hydroxylation sites is 1. The first kappa shape index (κ1) is 22.7. The Balaban J connectivity index is 1.20.